The summed E-state index contributed by atoms with van der Waals surface area (Å²) in [5.41, 5.74) is 0. The van der Waals surface area contributed by atoms with Gasteiger partial charge in [-0.15, -0.1) is 0 Å². The molecule has 0 fully saturated rings. The molecule has 1 unspecified atom stereocenters. The highest BCUT2D eigenvalue weighted by Crippen LogP contribution is 2.04. The summed E-state index contributed by atoms with van der Waals surface area (Å²) in [6.07, 6.45) is 10.8. The van der Waals surface area contributed by atoms with Crippen LogP contribution in [0.3, 0.4) is 0 Å². The number of rotatable bonds is 10. The van der Waals surface area contributed by atoms with E-state index in [-0.39, 0.29) is 0 Å². The van der Waals surface area contributed by atoms with Crippen LogP contribution in [0.2, 0.25) is 0 Å². The minimum atomic E-state index is 0.775. The Balaban J connectivity index is 3.24. The maximum atomic E-state index is 3.66. The third-order valence-corrected chi connectivity index (χ3v) is 2.86. The van der Waals surface area contributed by atoms with E-state index < -0.39 is 0 Å². The van der Waals surface area contributed by atoms with Gasteiger partial charge < -0.3 is 5.32 Å². The van der Waals surface area contributed by atoms with Crippen molar-refractivity contribution in [3.05, 3.63) is 0 Å². The Kier molecular flexibility index (Phi) is 11.0. The van der Waals surface area contributed by atoms with Crippen LogP contribution in [0, 0.1) is 0 Å². The van der Waals surface area contributed by atoms with Crippen molar-refractivity contribution in [2.24, 2.45) is 0 Å². The smallest absolute Gasteiger partial charge is 0.00644 e. The number of unbranched alkanes of at least 4 members (excludes halogenated alkanes) is 4. The molecule has 0 amide bonds. The third kappa shape index (κ3) is 8.55. The van der Waals surface area contributed by atoms with Gasteiger partial charge in [0.1, 0.15) is 0 Å². The Hall–Kier alpha value is -0.0400. The monoisotopic (exact) mass is 199 g/mol. The quantitative estimate of drug-likeness (QED) is 0.522. The highest BCUT2D eigenvalue weighted by atomic mass is 14.9. The summed E-state index contributed by atoms with van der Waals surface area (Å²) in [5.74, 6) is 0. The standard InChI is InChI=1S/C13H29N/c1-4-7-9-10-12-14-13(6-3)11-8-5-2/h13-14H,4-12H2,1-3H3. The van der Waals surface area contributed by atoms with Crippen LogP contribution in [0.5, 0.6) is 0 Å². The van der Waals surface area contributed by atoms with Crippen LogP contribution in [0.1, 0.15) is 72.1 Å². The first-order valence-corrected chi connectivity index (χ1v) is 6.58. The Labute approximate surface area is 90.7 Å². The summed E-state index contributed by atoms with van der Waals surface area (Å²) >= 11 is 0. The van der Waals surface area contributed by atoms with Crippen LogP contribution in [0.25, 0.3) is 0 Å². The molecule has 0 aliphatic heterocycles. The average molecular weight is 199 g/mol. The summed E-state index contributed by atoms with van der Waals surface area (Å²) in [4.78, 5) is 0. The van der Waals surface area contributed by atoms with Gasteiger partial charge in [0.15, 0.2) is 0 Å². The molecular formula is C13H29N. The van der Waals surface area contributed by atoms with Crippen molar-refractivity contribution in [2.45, 2.75) is 78.2 Å². The van der Waals surface area contributed by atoms with Crippen molar-refractivity contribution in [3.63, 3.8) is 0 Å². The normalized spacial score (nSPS) is 13.1. The lowest BCUT2D eigenvalue weighted by atomic mass is 10.1. The molecule has 0 aliphatic carbocycles. The van der Waals surface area contributed by atoms with E-state index in [1.165, 1.54) is 57.9 Å². The highest BCUT2D eigenvalue weighted by Gasteiger charge is 2.03. The molecule has 0 rings (SSSR count). The van der Waals surface area contributed by atoms with Gasteiger partial charge in [0.2, 0.25) is 0 Å². The zero-order chi connectivity index (χ0) is 10.6. The fraction of sp³-hybridized carbons (Fsp3) is 1.00. The molecule has 0 aromatic heterocycles. The molecule has 0 saturated heterocycles. The van der Waals surface area contributed by atoms with Gasteiger partial charge >= 0.3 is 0 Å². The van der Waals surface area contributed by atoms with Crippen LogP contribution in [0.15, 0.2) is 0 Å². The molecule has 0 aliphatic rings. The largest absolute Gasteiger partial charge is 0.314 e. The lowest BCUT2D eigenvalue weighted by Crippen LogP contribution is -2.29. The molecule has 0 saturated carbocycles. The molecule has 0 radical (unpaired) electrons. The van der Waals surface area contributed by atoms with E-state index in [4.69, 9.17) is 0 Å². The summed E-state index contributed by atoms with van der Waals surface area (Å²) in [6.45, 7) is 8.05. The summed E-state index contributed by atoms with van der Waals surface area (Å²) in [7, 11) is 0. The van der Waals surface area contributed by atoms with Crippen LogP contribution in [0.4, 0.5) is 0 Å². The van der Waals surface area contributed by atoms with E-state index in [2.05, 4.69) is 26.1 Å². The average Bonchev–Trinajstić information content (AvgIpc) is 2.22. The van der Waals surface area contributed by atoms with Gasteiger partial charge in [0.25, 0.3) is 0 Å². The van der Waals surface area contributed by atoms with Crippen LogP contribution in [-0.4, -0.2) is 12.6 Å². The number of nitrogens with one attached hydrogen (secondary N) is 1. The molecule has 1 nitrogen and oxygen atoms in total. The van der Waals surface area contributed by atoms with E-state index in [0.29, 0.717) is 0 Å². The Morgan fingerprint density at radius 3 is 2.14 bits per heavy atom. The maximum absolute atomic E-state index is 3.66. The second-order valence-corrected chi connectivity index (χ2v) is 4.26. The van der Waals surface area contributed by atoms with Crippen molar-refractivity contribution in [1.29, 1.82) is 0 Å². The van der Waals surface area contributed by atoms with Crippen molar-refractivity contribution in [3.8, 4) is 0 Å². The van der Waals surface area contributed by atoms with E-state index in [0.717, 1.165) is 6.04 Å². The molecule has 1 heteroatoms. The first kappa shape index (κ1) is 14.0. The van der Waals surface area contributed by atoms with E-state index in [1.54, 1.807) is 0 Å². The van der Waals surface area contributed by atoms with Gasteiger partial charge in [-0.25, -0.2) is 0 Å². The van der Waals surface area contributed by atoms with Crippen molar-refractivity contribution >= 4 is 0 Å². The third-order valence-electron chi connectivity index (χ3n) is 2.86. The first-order chi connectivity index (χ1) is 6.85. The SMILES string of the molecule is CCCCCCNC(CC)CCCC. The highest BCUT2D eigenvalue weighted by molar-refractivity contribution is 4.64. The molecule has 0 heterocycles. The summed E-state index contributed by atoms with van der Waals surface area (Å²) in [6, 6.07) is 0.775. The minimum absolute atomic E-state index is 0.775. The van der Waals surface area contributed by atoms with E-state index >= 15 is 0 Å². The summed E-state index contributed by atoms with van der Waals surface area (Å²) in [5, 5.41) is 3.66. The maximum Gasteiger partial charge on any atom is 0.00644 e. The van der Waals surface area contributed by atoms with Gasteiger partial charge in [0, 0.05) is 6.04 Å². The zero-order valence-corrected chi connectivity index (χ0v) is 10.4. The van der Waals surface area contributed by atoms with Crippen LogP contribution < -0.4 is 5.32 Å². The number of hydrogen-bond donors (Lipinski definition) is 1. The van der Waals surface area contributed by atoms with Crippen molar-refractivity contribution in [1.82, 2.24) is 5.32 Å². The molecule has 1 atom stereocenters. The lowest BCUT2D eigenvalue weighted by molar-refractivity contribution is 0.443. The Bertz CT molecular complexity index is 101. The van der Waals surface area contributed by atoms with Gasteiger partial charge in [-0.3, -0.25) is 0 Å². The molecule has 14 heavy (non-hydrogen) atoms. The topological polar surface area (TPSA) is 12.0 Å². The fourth-order valence-electron chi connectivity index (χ4n) is 1.76. The minimum Gasteiger partial charge on any atom is -0.314 e. The van der Waals surface area contributed by atoms with Gasteiger partial charge in [0.05, 0.1) is 0 Å². The van der Waals surface area contributed by atoms with Gasteiger partial charge in [-0.1, -0.05) is 52.9 Å². The lowest BCUT2D eigenvalue weighted by Gasteiger charge is -2.16. The molecule has 1 N–H and O–H groups in total. The van der Waals surface area contributed by atoms with Crippen molar-refractivity contribution in [2.75, 3.05) is 6.54 Å². The van der Waals surface area contributed by atoms with Crippen LogP contribution in [-0.2, 0) is 0 Å². The molecule has 0 aromatic rings. The fourth-order valence-corrected chi connectivity index (χ4v) is 1.76. The molecular weight excluding hydrogens is 170 g/mol. The molecule has 0 bridgehead atoms. The summed E-state index contributed by atoms with van der Waals surface area (Å²) < 4.78 is 0. The Morgan fingerprint density at radius 1 is 0.857 bits per heavy atom. The van der Waals surface area contributed by atoms with E-state index in [9.17, 15) is 0 Å². The predicted molar refractivity (Wildman–Crippen MR) is 65.7 cm³/mol. The van der Waals surface area contributed by atoms with Crippen molar-refractivity contribution < 1.29 is 0 Å². The number of hydrogen-bond acceptors (Lipinski definition) is 1. The Morgan fingerprint density at radius 2 is 1.57 bits per heavy atom. The molecule has 0 spiro atoms. The molecule has 86 valence electrons. The first-order valence-electron chi connectivity index (χ1n) is 6.58. The zero-order valence-electron chi connectivity index (χ0n) is 10.4. The second kappa shape index (κ2) is 11.0. The molecule has 0 aromatic carbocycles. The van der Waals surface area contributed by atoms with Gasteiger partial charge in [-0.05, 0) is 25.8 Å². The van der Waals surface area contributed by atoms with E-state index in [1.807, 2.05) is 0 Å². The predicted octanol–water partition coefficient (Wildman–Crippen LogP) is 4.13. The second-order valence-electron chi connectivity index (χ2n) is 4.26. The van der Waals surface area contributed by atoms with Gasteiger partial charge in [-0.2, -0.15) is 0 Å². The van der Waals surface area contributed by atoms with Crippen LogP contribution >= 0.6 is 0 Å².